The van der Waals surface area contributed by atoms with Crippen molar-refractivity contribution >= 4 is 17.0 Å². The summed E-state index contributed by atoms with van der Waals surface area (Å²) in [5, 5.41) is 10.9. The van der Waals surface area contributed by atoms with E-state index in [-0.39, 0.29) is 12.1 Å². The van der Waals surface area contributed by atoms with Gasteiger partial charge in [0.25, 0.3) is 0 Å². The molecule has 0 aliphatic rings. The highest BCUT2D eigenvalue weighted by Crippen LogP contribution is 2.29. The summed E-state index contributed by atoms with van der Waals surface area (Å²) < 4.78 is 33.7. The Labute approximate surface area is 162 Å². The first-order chi connectivity index (χ1) is 13.3. The van der Waals surface area contributed by atoms with Gasteiger partial charge in [-0.3, -0.25) is 0 Å². The summed E-state index contributed by atoms with van der Waals surface area (Å²) >= 11 is 0. The minimum atomic E-state index is -1.43. The Balaban J connectivity index is 0.00000136. The predicted octanol–water partition coefficient (Wildman–Crippen LogP) is 4.21. The number of benzene rings is 1. The molecule has 3 rings (SSSR count). The van der Waals surface area contributed by atoms with Crippen molar-refractivity contribution in [1.29, 1.82) is 0 Å². The van der Waals surface area contributed by atoms with Crippen molar-refractivity contribution in [1.82, 2.24) is 9.55 Å². The summed E-state index contributed by atoms with van der Waals surface area (Å²) in [7, 11) is 1.20. The molecule has 28 heavy (non-hydrogen) atoms. The smallest absolute Gasteiger partial charge is 0.339 e. The van der Waals surface area contributed by atoms with Crippen LogP contribution < -0.4 is 0 Å². The van der Waals surface area contributed by atoms with Crippen LogP contribution in [-0.4, -0.2) is 27.7 Å². The highest BCUT2D eigenvalue weighted by molar-refractivity contribution is 5.85. The second-order valence-electron chi connectivity index (χ2n) is 6.06. The fraction of sp³-hybridized carbons (Fsp3) is 0.333. The molecular formula is C21H24F2N2O3. The highest BCUT2D eigenvalue weighted by atomic mass is 19.2. The topological polar surface area (TPSA) is 64.3 Å². The number of carbonyl (C=O) groups is 1. The zero-order chi connectivity index (χ0) is 21.0. The van der Waals surface area contributed by atoms with Gasteiger partial charge in [0.15, 0.2) is 17.7 Å². The van der Waals surface area contributed by atoms with E-state index in [1.807, 2.05) is 13.8 Å². The van der Waals surface area contributed by atoms with Gasteiger partial charge in [-0.15, -0.1) is 0 Å². The Bertz CT molecular complexity index is 999. The lowest BCUT2D eigenvalue weighted by Gasteiger charge is -2.16. The highest BCUT2D eigenvalue weighted by Gasteiger charge is 2.25. The molecule has 1 atom stereocenters. The zero-order valence-electron chi connectivity index (χ0n) is 16.6. The normalized spacial score (nSPS) is 11.7. The van der Waals surface area contributed by atoms with E-state index in [1.54, 1.807) is 30.7 Å². The maximum atomic E-state index is 14.0. The number of hydrogen-bond donors (Lipinski definition) is 1. The van der Waals surface area contributed by atoms with Crippen molar-refractivity contribution in [3.05, 3.63) is 64.5 Å². The minimum absolute atomic E-state index is 0.109. The molecule has 1 unspecified atom stereocenters. The standard InChI is InChI=1S/C19H18F2N2O3.C2H6/c1-10-13-7-8-23(9-12-5-4-6-14(20)16(12)21)18(13)22-11(2)15(10)17(24)19(25)26-3;1-2/h4-8,17,24H,9H2,1-3H3;1-2H3. The molecule has 150 valence electrons. The van der Waals surface area contributed by atoms with Crippen LogP contribution in [0.15, 0.2) is 30.5 Å². The van der Waals surface area contributed by atoms with Crippen LogP contribution in [0.1, 0.15) is 42.3 Å². The second kappa shape index (κ2) is 8.93. The van der Waals surface area contributed by atoms with E-state index in [9.17, 15) is 18.7 Å². The molecule has 0 radical (unpaired) electrons. The van der Waals surface area contributed by atoms with Crippen LogP contribution in [0, 0.1) is 25.5 Å². The fourth-order valence-electron chi connectivity index (χ4n) is 3.13. The van der Waals surface area contributed by atoms with Gasteiger partial charge in [-0.2, -0.15) is 0 Å². The number of aromatic nitrogens is 2. The molecule has 5 nitrogen and oxygen atoms in total. The number of aliphatic hydroxyl groups is 1. The third kappa shape index (κ3) is 3.89. The van der Waals surface area contributed by atoms with Crippen LogP contribution in [0.4, 0.5) is 8.78 Å². The van der Waals surface area contributed by atoms with Crippen molar-refractivity contribution < 1.29 is 23.4 Å². The van der Waals surface area contributed by atoms with E-state index in [1.165, 1.54) is 19.2 Å². The van der Waals surface area contributed by atoms with E-state index in [0.29, 0.717) is 27.9 Å². The van der Waals surface area contributed by atoms with Gasteiger partial charge in [-0.1, -0.05) is 26.0 Å². The molecule has 3 aromatic rings. The van der Waals surface area contributed by atoms with Crippen LogP contribution in [0.3, 0.4) is 0 Å². The number of hydrogen-bond acceptors (Lipinski definition) is 4. The van der Waals surface area contributed by atoms with E-state index >= 15 is 0 Å². The maximum Gasteiger partial charge on any atom is 0.339 e. The lowest BCUT2D eigenvalue weighted by Crippen LogP contribution is -2.17. The van der Waals surface area contributed by atoms with Crippen LogP contribution in [-0.2, 0) is 16.1 Å². The number of aliphatic hydroxyl groups excluding tert-OH is 1. The molecule has 0 aliphatic heterocycles. The summed E-state index contributed by atoms with van der Waals surface area (Å²) in [5.41, 5.74) is 2.30. The number of esters is 1. The first kappa shape index (κ1) is 21.5. The number of methoxy groups -OCH3 is 1. The lowest BCUT2D eigenvalue weighted by molar-refractivity contribution is -0.150. The maximum absolute atomic E-state index is 14.0. The van der Waals surface area contributed by atoms with Crippen molar-refractivity contribution in [2.75, 3.05) is 7.11 Å². The fourth-order valence-corrected chi connectivity index (χ4v) is 3.13. The Morgan fingerprint density at radius 1 is 1.25 bits per heavy atom. The third-order valence-corrected chi connectivity index (χ3v) is 4.48. The number of rotatable bonds is 4. The van der Waals surface area contributed by atoms with Crippen molar-refractivity contribution in [3.63, 3.8) is 0 Å². The molecule has 0 fully saturated rings. The molecule has 0 saturated carbocycles. The first-order valence-corrected chi connectivity index (χ1v) is 8.99. The van der Waals surface area contributed by atoms with Gasteiger partial charge in [0.05, 0.1) is 13.7 Å². The molecule has 0 amide bonds. The van der Waals surface area contributed by atoms with Crippen LogP contribution in [0.2, 0.25) is 0 Å². The number of pyridine rings is 1. The summed E-state index contributed by atoms with van der Waals surface area (Å²) in [5.74, 6) is -2.55. The third-order valence-electron chi connectivity index (χ3n) is 4.48. The number of aryl methyl sites for hydroxylation is 2. The van der Waals surface area contributed by atoms with Crippen LogP contribution >= 0.6 is 0 Å². The molecule has 1 aromatic carbocycles. The van der Waals surface area contributed by atoms with Gasteiger partial charge < -0.3 is 14.4 Å². The van der Waals surface area contributed by atoms with Gasteiger partial charge in [0.1, 0.15) is 5.65 Å². The Morgan fingerprint density at radius 2 is 1.93 bits per heavy atom. The Kier molecular flexibility index (Phi) is 6.85. The molecule has 0 aliphatic carbocycles. The van der Waals surface area contributed by atoms with Gasteiger partial charge in [-0.05, 0) is 31.5 Å². The summed E-state index contributed by atoms with van der Waals surface area (Å²) in [6, 6.07) is 5.80. The summed E-state index contributed by atoms with van der Waals surface area (Å²) in [4.78, 5) is 16.1. The average molecular weight is 390 g/mol. The van der Waals surface area contributed by atoms with Gasteiger partial charge in [0.2, 0.25) is 0 Å². The summed E-state index contributed by atoms with van der Waals surface area (Å²) in [6.45, 7) is 7.55. The van der Waals surface area contributed by atoms with Crippen molar-refractivity contribution in [3.8, 4) is 0 Å². The number of halogens is 2. The molecule has 0 spiro atoms. The van der Waals surface area contributed by atoms with Crippen LogP contribution in [0.5, 0.6) is 0 Å². The molecule has 2 aromatic heterocycles. The van der Waals surface area contributed by atoms with Crippen molar-refractivity contribution in [2.45, 2.75) is 40.3 Å². The van der Waals surface area contributed by atoms with Gasteiger partial charge in [0, 0.05) is 28.4 Å². The average Bonchev–Trinajstić information content (AvgIpc) is 3.09. The minimum Gasteiger partial charge on any atom is -0.467 e. The monoisotopic (exact) mass is 390 g/mol. The largest absolute Gasteiger partial charge is 0.467 e. The van der Waals surface area contributed by atoms with Gasteiger partial charge in [-0.25, -0.2) is 18.6 Å². The number of nitrogens with zero attached hydrogens (tertiary/aromatic N) is 2. The Morgan fingerprint density at radius 3 is 2.57 bits per heavy atom. The SMILES string of the molecule is CC.COC(=O)C(O)c1c(C)nc2c(ccn2Cc2cccc(F)c2F)c1C. The van der Waals surface area contributed by atoms with E-state index in [2.05, 4.69) is 9.72 Å². The van der Waals surface area contributed by atoms with E-state index in [0.717, 1.165) is 6.07 Å². The molecule has 7 heteroatoms. The van der Waals surface area contributed by atoms with Gasteiger partial charge >= 0.3 is 5.97 Å². The lowest BCUT2D eigenvalue weighted by atomic mass is 10.00. The zero-order valence-corrected chi connectivity index (χ0v) is 16.6. The predicted molar refractivity (Wildman–Crippen MR) is 103 cm³/mol. The number of carbonyl (C=O) groups excluding carboxylic acids is 1. The molecule has 2 heterocycles. The second-order valence-corrected chi connectivity index (χ2v) is 6.06. The molecule has 1 N–H and O–H groups in total. The van der Waals surface area contributed by atoms with E-state index in [4.69, 9.17) is 0 Å². The quantitative estimate of drug-likeness (QED) is 0.678. The van der Waals surface area contributed by atoms with Crippen LogP contribution in [0.25, 0.3) is 11.0 Å². The molecular weight excluding hydrogens is 366 g/mol. The molecule has 0 bridgehead atoms. The summed E-state index contributed by atoms with van der Waals surface area (Å²) in [6.07, 6.45) is 0.281. The molecule has 0 saturated heterocycles. The Hall–Kier alpha value is -2.80. The first-order valence-electron chi connectivity index (χ1n) is 8.99. The number of fused-ring (bicyclic) bond motifs is 1. The van der Waals surface area contributed by atoms with E-state index < -0.39 is 23.7 Å². The number of ether oxygens (including phenoxy) is 1. The van der Waals surface area contributed by atoms with Crippen molar-refractivity contribution in [2.24, 2.45) is 0 Å².